The van der Waals surface area contributed by atoms with E-state index in [1.807, 2.05) is 31.3 Å². The van der Waals surface area contributed by atoms with Crippen molar-refractivity contribution < 1.29 is 4.52 Å². The van der Waals surface area contributed by atoms with Crippen molar-refractivity contribution >= 4 is 0 Å². The van der Waals surface area contributed by atoms with Crippen LogP contribution < -0.4 is 0 Å². The molecule has 20 heavy (non-hydrogen) atoms. The molecule has 1 heterocycles. The van der Waals surface area contributed by atoms with E-state index in [4.69, 9.17) is 9.78 Å². The molecule has 1 aromatic carbocycles. The second-order valence-corrected chi connectivity index (χ2v) is 5.31. The molecule has 102 valence electrons. The van der Waals surface area contributed by atoms with E-state index in [1.54, 1.807) is 0 Å². The van der Waals surface area contributed by atoms with E-state index in [-0.39, 0.29) is 0 Å². The Hall–Kier alpha value is -2.19. The summed E-state index contributed by atoms with van der Waals surface area (Å²) in [5, 5.41) is 12.9. The van der Waals surface area contributed by atoms with Gasteiger partial charge in [-0.2, -0.15) is 10.2 Å². The summed E-state index contributed by atoms with van der Waals surface area (Å²) in [5.74, 6) is 2.02. The highest BCUT2D eigenvalue weighted by molar-refractivity contribution is 5.32. The Balaban J connectivity index is 1.60. The van der Waals surface area contributed by atoms with Crippen molar-refractivity contribution in [1.29, 1.82) is 5.26 Å². The maximum absolute atomic E-state index is 8.90. The van der Waals surface area contributed by atoms with Crippen LogP contribution in [-0.4, -0.2) is 22.1 Å². The molecule has 0 unspecified atom stereocenters. The molecule has 5 nitrogen and oxygen atoms in total. The first-order valence-corrected chi connectivity index (χ1v) is 6.74. The van der Waals surface area contributed by atoms with Crippen molar-refractivity contribution in [3.8, 4) is 6.07 Å². The molecule has 0 saturated heterocycles. The molecule has 0 N–H and O–H groups in total. The summed E-state index contributed by atoms with van der Waals surface area (Å²) in [6.07, 6.45) is 2.35. The van der Waals surface area contributed by atoms with E-state index in [1.165, 1.54) is 12.8 Å². The van der Waals surface area contributed by atoms with Crippen molar-refractivity contribution in [1.82, 2.24) is 15.0 Å². The van der Waals surface area contributed by atoms with Crippen molar-refractivity contribution in [2.45, 2.75) is 31.8 Å². The van der Waals surface area contributed by atoms with Crippen molar-refractivity contribution in [2.75, 3.05) is 7.05 Å². The molecule has 2 aromatic rings. The third-order valence-electron chi connectivity index (χ3n) is 3.34. The standard InChI is InChI=1S/C15H16N4O/c1-19(9-12-4-2-3-11(7-12)8-16)10-14-17-15(18-20-14)13-5-6-13/h2-4,7,13H,5-6,9-10H2,1H3. The summed E-state index contributed by atoms with van der Waals surface area (Å²) in [7, 11) is 2.00. The lowest BCUT2D eigenvalue weighted by molar-refractivity contribution is 0.260. The number of nitriles is 1. The molecule has 1 aromatic heterocycles. The molecule has 5 heteroatoms. The minimum Gasteiger partial charge on any atom is -0.338 e. The highest BCUT2D eigenvalue weighted by Gasteiger charge is 2.28. The predicted octanol–water partition coefficient (Wildman–Crippen LogP) is 2.45. The molecule has 0 spiro atoms. The highest BCUT2D eigenvalue weighted by atomic mass is 16.5. The zero-order chi connectivity index (χ0) is 13.9. The molecule has 0 bridgehead atoms. The average Bonchev–Trinajstić information content (AvgIpc) is 3.20. The summed E-state index contributed by atoms with van der Waals surface area (Å²) in [4.78, 5) is 6.51. The van der Waals surface area contributed by atoms with Gasteiger partial charge in [-0.15, -0.1) is 0 Å². The van der Waals surface area contributed by atoms with E-state index >= 15 is 0 Å². The van der Waals surface area contributed by atoms with Gasteiger partial charge in [-0.05, 0) is 37.6 Å². The van der Waals surface area contributed by atoms with Crippen LogP contribution in [0.2, 0.25) is 0 Å². The smallest absolute Gasteiger partial charge is 0.240 e. The molecule has 1 fully saturated rings. The fourth-order valence-corrected chi connectivity index (χ4v) is 2.18. The Morgan fingerprint density at radius 3 is 3.00 bits per heavy atom. The maximum Gasteiger partial charge on any atom is 0.240 e. The van der Waals surface area contributed by atoms with Gasteiger partial charge >= 0.3 is 0 Å². The summed E-state index contributed by atoms with van der Waals surface area (Å²) in [6, 6.07) is 9.78. The van der Waals surface area contributed by atoms with Gasteiger partial charge in [0.15, 0.2) is 5.82 Å². The fraction of sp³-hybridized carbons (Fsp3) is 0.400. The number of hydrogen-bond donors (Lipinski definition) is 0. The minimum absolute atomic E-state index is 0.519. The van der Waals surface area contributed by atoms with Gasteiger partial charge < -0.3 is 4.52 Å². The normalized spacial score (nSPS) is 14.4. The number of aromatic nitrogens is 2. The first-order chi connectivity index (χ1) is 9.74. The van der Waals surface area contributed by atoms with Crippen molar-refractivity contribution in [3.63, 3.8) is 0 Å². The third-order valence-corrected chi connectivity index (χ3v) is 3.34. The van der Waals surface area contributed by atoms with Gasteiger partial charge in [0.25, 0.3) is 0 Å². The quantitative estimate of drug-likeness (QED) is 0.833. The molecule has 1 saturated carbocycles. The molecule has 0 atom stereocenters. The largest absolute Gasteiger partial charge is 0.338 e. The van der Waals surface area contributed by atoms with Gasteiger partial charge in [0.05, 0.1) is 18.2 Å². The molecular weight excluding hydrogens is 252 g/mol. The van der Waals surface area contributed by atoms with Crippen LogP contribution in [-0.2, 0) is 13.1 Å². The molecule has 1 aliphatic rings. The van der Waals surface area contributed by atoms with E-state index in [0.717, 1.165) is 17.9 Å². The van der Waals surface area contributed by atoms with Crippen LogP contribution in [0, 0.1) is 11.3 Å². The lowest BCUT2D eigenvalue weighted by Gasteiger charge is -2.14. The molecular formula is C15H16N4O. The monoisotopic (exact) mass is 268 g/mol. The fourth-order valence-electron chi connectivity index (χ4n) is 2.18. The van der Waals surface area contributed by atoms with Crippen LogP contribution >= 0.6 is 0 Å². The van der Waals surface area contributed by atoms with Crippen LogP contribution in [0.5, 0.6) is 0 Å². The van der Waals surface area contributed by atoms with Gasteiger partial charge in [0.1, 0.15) is 0 Å². The van der Waals surface area contributed by atoms with Crippen LogP contribution in [0.3, 0.4) is 0 Å². The van der Waals surface area contributed by atoms with Gasteiger partial charge in [-0.1, -0.05) is 17.3 Å². The Bertz CT molecular complexity index is 639. The second kappa shape index (κ2) is 5.43. The van der Waals surface area contributed by atoms with E-state index in [0.29, 0.717) is 23.9 Å². The molecule has 3 rings (SSSR count). The van der Waals surface area contributed by atoms with Crippen LogP contribution in [0.4, 0.5) is 0 Å². The van der Waals surface area contributed by atoms with Crippen LogP contribution in [0.25, 0.3) is 0 Å². The number of nitrogens with zero attached hydrogens (tertiary/aromatic N) is 4. The van der Waals surface area contributed by atoms with Gasteiger partial charge in [0.2, 0.25) is 5.89 Å². The molecule has 0 amide bonds. The highest BCUT2D eigenvalue weighted by Crippen LogP contribution is 2.38. The van der Waals surface area contributed by atoms with Gasteiger partial charge in [-0.25, -0.2) is 0 Å². The number of benzene rings is 1. The Morgan fingerprint density at radius 2 is 2.25 bits per heavy atom. The van der Waals surface area contributed by atoms with E-state index in [2.05, 4.69) is 21.1 Å². The SMILES string of the molecule is CN(Cc1cccc(C#N)c1)Cc1nc(C2CC2)no1. The molecule has 0 aliphatic heterocycles. The summed E-state index contributed by atoms with van der Waals surface area (Å²) in [5.41, 5.74) is 1.79. The predicted molar refractivity (Wildman–Crippen MR) is 72.6 cm³/mol. The van der Waals surface area contributed by atoms with Crippen molar-refractivity contribution in [2.24, 2.45) is 0 Å². The van der Waals surface area contributed by atoms with E-state index < -0.39 is 0 Å². The molecule has 0 radical (unpaired) electrons. The lowest BCUT2D eigenvalue weighted by atomic mass is 10.1. The first-order valence-electron chi connectivity index (χ1n) is 6.74. The Kier molecular flexibility index (Phi) is 3.48. The lowest BCUT2D eigenvalue weighted by Crippen LogP contribution is -2.17. The number of rotatable bonds is 5. The topological polar surface area (TPSA) is 66.0 Å². The first kappa shape index (κ1) is 12.8. The second-order valence-electron chi connectivity index (χ2n) is 5.31. The van der Waals surface area contributed by atoms with Crippen LogP contribution in [0.1, 0.15) is 41.6 Å². The Morgan fingerprint density at radius 1 is 1.40 bits per heavy atom. The molecule has 1 aliphatic carbocycles. The average molecular weight is 268 g/mol. The third kappa shape index (κ3) is 3.03. The summed E-state index contributed by atoms with van der Waals surface area (Å²) in [6.45, 7) is 1.37. The summed E-state index contributed by atoms with van der Waals surface area (Å²) < 4.78 is 5.26. The summed E-state index contributed by atoms with van der Waals surface area (Å²) >= 11 is 0. The number of hydrogen-bond acceptors (Lipinski definition) is 5. The maximum atomic E-state index is 8.90. The van der Waals surface area contributed by atoms with E-state index in [9.17, 15) is 0 Å². The van der Waals surface area contributed by atoms with Crippen LogP contribution in [0.15, 0.2) is 28.8 Å². The minimum atomic E-state index is 0.519. The zero-order valence-corrected chi connectivity index (χ0v) is 11.4. The Labute approximate surface area is 117 Å². The van der Waals surface area contributed by atoms with Crippen molar-refractivity contribution in [3.05, 3.63) is 47.1 Å². The van der Waals surface area contributed by atoms with Gasteiger partial charge in [-0.3, -0.25) is 4.90 Å². The zero-order valence-electron chi connectivity index (χ0n) is 11.4. The van der Waals surface area contributed by atoms with Gasteiger partial charge in [0, 0.05) is 12.5 Å².